The third-order valence-electron chi connectivity index (χ3n) is 3.15. The molecule has 102 valence electrons. The zero-order valence-electron chi connectivity index (χ0n) is 11.0. The van der Waals surface area contributed by atoms with E-state index >= 15 is 0 Å². The van der Waals surface area contributed by atoms with Crippen LogP contribution >= 0.6 is 22.7 Å². The highest BCUT2D eigenvalue weighted by Crippen LogP contribution is 2.22. The first-order valence-corrected chi connectivity index (χ1v) is 8.39. The summed E-state index contributed by atoms with van der Waals surface area (Å²) in [6, 6.07) is 12.2. The van der Waals surface area contributed by atoms with Gasteiger partial charge in [0.1, 0.15) is 10.8 Å². The smallest absolute Gasteiger partial charge is 0.139 e. The molecule has 20 heavy (non-hydrogen) atoms. The monoisotopic (exact) mass is 301 g/mol. The molecule has 0 unspecified atom stereocenters. The Balaban J connectivity index is 1.53. The fourth-order valence-electron chi connectivity index (χ4n) is 2.17. The Hall–Kier alpha value is -1.52. The van der Waals surface area contributed by atoms with Crippen molar-refractivity contribution in [2.75, 3.05) is 0 Å². The first-order valence-electron chi connectivity index (χ1n) is 6.70. The zero-order valence-corrected chi connectivity index (χ0v) is 12.7. The summed E-state index contributed by atoms with van der Waals surface area (Å²) in [7, 11) is 0. The molecule has 0 saturated heterocycles. The van der Waals surface area contributed by atoms with E-state index in [1.165, 1.54) is 4.88 Å². The lowest BCUT2D eigenvalue weighted by molar-refractivity contribution is -0.118. The number of hydrogen-bond donors (Lipinski definition) is 0. The van der Waals surface area contributed by atoms with Crippen LogP contribution in [0.1, 0.15) is 22.7 Å². The maximum Gasteiger partial charge on any atom is 0.139 e. The Kier molecular flexibility index (Phi) is 4.23. The van der Waals surface area contributed by atoms with E-state index in [4.69, 9.17) is 0 Å². The molecule has 1 aromatic carbocycles. The number of thiophene rings is 1. The van der Waals surface area contributed by atoms with Gasteiger partial charge in [0, 0.05) is 11.3 Å². The molecule has 0 fully saturated rings. The lowest BCUT2D eigenvalue weighted by Crippen LogP contribution is -2.02. The van der Waals surface area contributed by atoms with Gasteiger partial charge in [0.05, 0.1) is 16.6 Å². The summed E-state index contributed by atoms with van der Waals surface area (Å²) in [5, 5.41) is 3.02. The first kappa shape index (κ1) is 13.5. The van der Waals surface area contributed by atoms with Crippen LogP contribution < -0.4 is 0 Å². The second-order valence-electron chi connectivity index (χ2n) is 4.72. The van der Waals surface area contributed by atoms with Gasteiger partial charge in [0.2, 0.25) is 0 Å². The quantitative estimate of drug-likeness (QED) is 0.671. The van der Waals surface area contributed by atoms with Gasteiger partial charge in [-0.2, -0.15) is 0 Å². The number of aryl methyl sites for hydroxylation is 1. The van der Waals surface area contributed by atoms with Crippen LogP contribution in [0, 0.1) is 0 Å². The lowest BCUT2D eigenvalue weighted by Gasteiger charge is -1.98. The van der Waals surface area contributed by atoms with E-state index in [1.807, 2.05) is 18.2 Å². The molecule has 0 atom stereocenters. The van der Waals surface area contributed by atoms with Crippen LogP contribution in [-0.2, 0) is 17.6 Å². The molecule has 0 aliphatic rings. The maximum absolute atomic E-state index is 12.0. The van der Waals surface area contributed by atoms with Crippen LogP contribution in [0.25, 0.3) is 10.2 Å². The number of hydrogen-bond acceptors (Lipinski definition) is 4. The average molecular weight is 301 g/mol. The second kappa shape index (κ2) is 6.29. The lowest BCUT2D eigenvalue weighted by atomic mass is 10.1. The van der Waals surface area contributed by atoms with Gasteiger partial charge in [0.15, 0.2) is 0 Å². The fourth-order valence-corrected chi connectivity index (χ4v) is 3.91. The van der Waals surface area contributed by atoms with Gasteiger partial charge in [-0.05, 0) is 36.4 Å². The standard InChI is InChI=1S/C16H15NOS2/c18-12(5-3-6-13-7-4-10-19-13)11-16-17-14-8-1-2-9-15(14)20-16/h1-2,4,7-10H,3,5-6,11H2. The minimum absolute atomic E-state index is 0.292. The van der Waals surface area contributed by atoms with E-state index < -0.39 is 0 Å². The number of fused-ring (bicyclic) bond motifs is 1. The Morgan fingerprint density at radius 3 is 2.85 bits per heavy atom. The molecule has 0 radical (unpaired) electrons. The summed E-state index contributed by atoms with van der Waals surface area (Å²) < 4.78 is 1.16. The van der Waals surface area contributed by atoms with Crippen molar-refractivity contribution < 1.29 is 4.79 Å². The molecular formula is C16H15NOS2. The average Bonchev–Trinajstić information content (AvgIpc) is 3.06. The minimum atomic E-state index is 0.292. The van der Waals surface area contributed by atoms with Gasteiger partial charge in [-0.3, -0.25) is 4.79 Å². The number of ketones is 1. The highest BCUT2D eigenvalue weighted by Gasteiger charge is 2.09. The van der Waals surface area contributed by atoms with E-state index in [9.17, 15) is 4.79 Å². The predicted octanol–water partition coefficient (Wildman–Crippen LogP) is 4.49. The Labute approximate surface area is 126 Å². The number of carbonyl (C=O) groups is 1. The number of para-hydroxylation sites is 1. The number of nitrogens with zero attached hydrogens (tertiary/aromatic N) is 1. The molecule has 0 spiro atoms. The van der Waals surface area contributed by atoms with Crippen LogP contribution in [0.2, 0.25) is 0 Å². The maximum atomic E-state index is 12.0. The largest absolute Gasteiger partial charge is 0.299 e. The normalized spacial score (nSPS) is 11.0. The molecule has 3 rings (SSSR count). The number of aromatic nitrogens is 1. The molecule has 0 amide bonds. The van der Waals surface area contributed by atoms with Gasteiger partial charge in [0.25, 0.3) is 0 Å². The second-order valence-corrected chi connectivity index (χ2v) is 6.87. The van der Waals surface area contributed by atoms with Crippen LogP contribution in [0.15, 0.2) is 41.8 Å². The van der Waals surface area contributed by atoms with Crippen molar-refractivity contribution in [3.63, 3.8) is 0 Å². The Bertz CT molecular complexity index is 667. The van der Waals surface area contributed by atoms with E-state index in [-0.39, 0.29) is 0 Å². The molecule has 0 N–H and O–H groups in total. The van der Waals surface area contributed by atoms with E-state index in [2.05, 4.69) is 28.6 Å². The van der Waals surface area contributed by atoms with Crippen molar-refractivity contribution >= 4 is 38.7 Å². The summed E-state index contributed by atoms with van der Waals surface area (Å²) in [6.07, 6.45) is 3.06. The molecular weight excluding hydrogens is 286 g/mol. The summed E-state index contributed by atoms with van der Waals surface area (Å²) >= 11 is 3.39. The van der Waals surface area contributed by atoms with E-state index in [0.717, 1.165) is 28.1 Å². The fraction of sp³-hybridized carbons (Fsp3) is 0.250. The van der Waals surface area contributed by atoms with Crippen LogP contribution in [0.5, 0.6) is 0 Å². The van der Waals surface area contributed by atoms with Crippen molar-refractivity contribution in [1.82, 2.24) is 4.98 Å². The summed E-state index contributed by atoms with van der Waals surface area (Å²) in [5.41, 5.74) is 0.999. The van der Waals surface area contributed by atoms with Gasteiger partial charge in [-0.15, -0.1) is 22.7 Å². The van der Waals surface area contributed by atoms with Crippen LogP contribution in [0.3, 0.4) is 0 Å². The molecule has 0 saturated carbocycles. The van der Waals surface area contributed by atoms with Gasteiger partial charge >= 0.3 is 0 Å². The van der Waals surface area contributed by atoms with Crippen molar-refractivity contribution in [2.45, 2.75) is 25.7 Å². The van der Waals surface area contributed by atoms with Crippen molar-refractivity contribution in [3.8, 4) is 0 Å². The Morgan fingerprint density at radius 1 is 1.15 bits per heavy atom. The molecule has 3 aromatic rings. The van der Waals surface area contributed by atoms with Gasteiger partial charge in [-0.25, -0.2) is 4.98 Å². The first-order chi connectivity index (χ1) is 9.81. The van der Waals surface area contributed by atoms with Crippen molar-refractivity contribution in [3.05, 3.63) is 51.7 Å². The number of thiazole rings is 1. The highest BCUT2D eigenvalue weighted by molar-refractivity contribution is 7.18. The molecule has 0 aliphatic heterocycles. The summed E-state index contributed by atoms with van der Waals surface area (Å²) in [5.74, 6) is 0.292. The summed E-state index contributed by atoms with van der Waals surface area (Å²) in [4.78, 5) is 17.9. The van der Waals surface area contributed by atoms with Crippen molar-refractivity contribution in [1.29, 1.82) is 0 Å². The van der Waals surface area contributed by atoms with Crippen LogP contribution in [-0.4, -0.2) is 10.8 Å². The van der Waals surface area contributed by atoms with E-state index in [0.29, 0.717) is 18.6 Å². The number of carbonyl (C=O) groups excluding carboxylic acids is 1. The minimum Gasteiger partial charge on any atom is -0.299 e. The SMILES string of the molecule is O=C(CCCc1cccs1)Cc1nc2ccccc2s1. The predicted molar refractivity (Wildman–Crippen MR) is 85.6 cm³/mol. The highest BCUT2D eigenvalue weighted by atomic mass is 32.1. The van der Waals surface area contributed by atoms with Gasteiger partial charge < -0.3 is 0 Å². The molecule has 2 aromatic heterocycles. The number of Topliss-reactive ketones (excluding diaryl/α,β-unsaturated/α-hetero) is 1. The third kappa shape index (κ3) is 3.32. The van der Waals surface area contributed by atoms with Crippen molar-refractivity contribution in [2.24, 2.45) is 0 Å². The molecule has 0 bridgehead atoms. The Morgan fingerprint density at radius 2 is 2.05 bits per heavy atom. The molecule has 0 aliphatic carbocycles. The molecule has 2 nitrogen and oxygen atoms in total. The zero-order chi connectivity index (χ0) is 13.8. The number of rotatable bonds is 6. The van der Waals surface area contributed by atoms with Gasteiger partial charge in [-0.1, -0.05) is 18.2 Å². The molecule has 2 heterocycles. The number of benzene rings is 1. The summed E-state index contributed by atoms with van der Waals surface area (Å²) in [6.45, 7) is 0. The topological polar surface area (TPSA) is 30.0 Å². The molecule has 4 heteroatoms. The third-order valence-corrected chi connectivity index (χ3v) is 5.12. The van der Waals surface area contributed by atoms with Crippen LogP contribution in [0.4, 0.5) is 0 Å². The van der Waals surface area contributed by atoms with E-state index in [1.54, 1.807) is 22.7 Å².